The predicted octanol–water partition coefficient (Wildman–Crippen LogP) is 3.58. The quantitative estimate of drug-likeness (QED) is 0.717. The number of rotatable bonds is 4. The molecule has 1 aliphatic carbocycles. The number of hydrogen-bond acceptors (Lipinski definition) is 1. The molecule has 0 aliphatic heterocycles. The van der Waals surface area contributed by atoms with Gasteiger partial charge in [0.15, 0.2) is 0 Å². The minimum Gasteiger partial charge on any atom is -0.449 e. The molecule has 0 bridgehead atoms. The second-order valence-corrected chi connectivity index (χ2v) is 4.28. The van der Waals surface area contributed by atoms with Crippen molar-refractivity contribution in [3.05, 3.63) is 35.9 Å². The van der Waals surface area contributed by atoms with Crippen molar-refractivity contribution in [2.24, 2.45) is 0 Å². The summed E-state index contributed by atoms with van der Waals surface area (Å²) < 4.78 is 42.1. The van der Waals surface area contributed by atoms with Crippen LogP contribution in [0, 0.1) is 0 Å². The van der Waals surface area contributed by atoms with E-state index in [0.717, 1.165) is 5.56 Å². The van der Waals surface area contributed by atoms with Gasteiger partial charge in [0, 0.05) is 0 Å². The first-order valence-corrected chi connectivity index (χ1v) is 5.41. The molecule has 0 atom stereocenters. The van der Waals surface area contributed by atoms with Crippen LogP contribution in [0.2, 0.25) is 5.82 Å². The first-order valence-electron chi connectivity index (χ1n) is 5.41. The monoisotopic (exact) mass is 229 g/mol. The maximum atomic E-state index is 12.2. The van der Waals surface area contributed by atoms with Gasteiger partial charge in [-0.3, -0.25) is 0 Å². The zero-order chi connectivity index (χ0) is 11.6. The summed E-state index contributed by atoms with van der Waals surface area (Å²) in [6, 6.07) is 9.49. The number of benzene rings is 1. The van der Waals surface area contributed by atoms with E-state index < -0.39 is 12.8 Å². The van der Waals surface area contributed by atoms with Crippen LogP contribution in [0.4, 0.5) is 12.9 Å². The van der Waals surface area contributed by atoms with Crippen LogP contribution in [0.5, 0.6) is 0 Å². The average Bonchev–Trinajstić information content (AvgIpc) is 2.15. The van der Waals surface area contributed by atoms with Crippen LogP contribution >= 0.6 is 0 Å². The van der Waals surface area contributed by atoms with Gasteiger partial charge in [0.1, 0.15) is 0 Å². The van der Waals surface area contributed by atoms with E-state index in [9.17, 15) is 12.9 Å². The maximum Gasteiger partial charge on any atom is 0.481 e. The Morgan fingerprint density at radius 3 is 2.31 bits per heavy atom. The summed E-state index contributed by atoms with van der Waals surface area (Å²) in [5, 5.41) is 0. The van der Waals surface area contributed by atoms with E-state index in [0.29, 0.717) is 6.61 Å². The third kappa shape index (κ3) is 2.79. The van der Waals surface area contributed by atoms with E-state index in [-0.39, 0.29) is 18.9 Å². The Hall–Kier alpha value is -0.965. The summed E-state index contributed by atoms with van der Waals surface area (Å²) in [5.74, 6) is -1.10. The van der Waals surface area contributed by atoms with Crippen molar-refractivity contribution in [1.82, 2.24) is 0 Å². The zero-order valence-corrected chi connectivity index (χ0v) is 8.78. The molecule has 1 aliphatic rings. The highest BCUT2D eigenvalue weighted by molar-refractivity contribution is 6.60. The highest BCUT2D eigenvalue weighted by atomic mass is 19.4. The average molecular weight is 229 g/mol. The number of hydrogen-bond donors (Lipinski definition) is 0. The van der Waals surface area contributed by atoms with E-state index in [1.807, 2.05) is 30.3 Å². The minimum absolute atomic E-state index is 0.135. The molecule has 0 spiro atoms. The number of halogens is 3. The van der Waals surface area contributed by atoms with Gasteiger partial charge in [-0.25, -0.2) is 0 Å². The molecule has 16 heavy (non-hydrogen) atoms. The highest BCUT2D eigenvalue weighted by Crippen LogP contribution is 2.44. The first kappa shape index (κ1) is 11.5. The third-order valence-corrected chi connectivity index (χ3v) is 2.99. The molecule has 0 heterocycles. The molecule has 0 unspecified atom stereocenters. The Morgan fingerprint density at radius 1 is 1.12 bits per heavy atom. The van der Waals surface area contributed by atoms with Crippen LogP contribution in [0.1, 0.15) is 18.4 Å². The van der Waals surface area contributed by atoms with Gasteiger partial charge in [0.2, 0.25) is 0 Å². The van der Waals surface area contributed by atoms with Crippen LogP contribution in [-0.2, 0) is 11.3 Å². The first-order chi connectivity index (χ1) is 7.55. The second kappa shape index (κ2) is 4.49. The van der Waals surface area contributed by atoms with Gasteiger partial charge in [-0.15, -0.1) is 0 Å². The van der Waals surface area contributed by atoms with Gasteiger partial charge in [0.05, 0.1) is 12.7 Å². The second-order valence-electron chi connectivity index (χ2n) is 4.28. The van der Waals surface area contributed by atoms with Crippen molar-refractivity contribution in [2.75, 3.05) is 0 Å². The smallest absolute Gasteiger partial charge is 0.449 e. The van der Waals surface area contributed by atoms with Crippen molar-refractivity contribution >= 4 is 6.98 Å². The molecule has 88 valence electrons. The summed E-state index contributed by atoms with van der Waals surface area (Å²) in [6.07, 6.45) is 0.0563. The lowest BCUT2D eigenvalue weighted by atomic mass is 9.59. The molecule has 1 nitrogen and oxygen atoms in total. The molecule has 1 fully saturated rings. The molecule has 0 radical (unpaired) electrons. The van der Waals surface area contributed by atoms with Crippen LogP contribution in [0.3, 0.4) is 0 Å². The van der Waals surface area contributed by atoms with Crippen molar-refractivity contribution in [3.8, 4) is 0 Å². The Bertz CT molecular complexity index is 333. The molecule has 1 aromatic carbocycles. The van der Waals surface area contributed by atoms with Crippen molar-refractivity contribution in [1.29, 1.82) is 0 Å². The zero-order valence-electron chi connectivity index (χ0n) is 8.78. The SMILES string of the molecule is F[B-](F)(F)C1CC(OCc2ccccc2)C1. The lowest BCUT2D eigenvalue weighted by molar-refractivity contribution is -0.0149. The van der Waals surface area contributed by atoms with Crippen molar-refractivity contribution in [2.45, 2.75) is 31.4 Å². The maximum absolute atomic E-state index is 12.2. The van der Waals surface area contributed by atoms with Crippen molar-refractivity contribution in [3.63, 3.8) is 0 Å². The van der Waals surface area contributed by atoms with E-state index >= 15 is 0 Å². The van der Waals surface area contributed by atoms with Gasteiger partial charge in [-0.1, -0.05) is 36.1 Å². The molecular weight excluding hydrogens is 216 g/mol. The normalized spacial score (nSPS) is 25.2. The van der Waals surface area contributed by atoms with Crippen LogP contribution in [-0.4, -0.2) is 13.1 Å². The largest absolute Gasteiger partial charge is 0.481 e. The fraction of sp³-hybridized carbons (Fsp3) is 0.455. The summed E-state index contributed by atoms with van der Waals surface area (Å²) in [4.78, 5) is 0. The van der Waals surface area contributed by atoms with Crippen LogP contribution in [0.15, 0.2) is 30.3 Å². The molecular formula is C11H13BF3O-. The van der Waals surface area contributed by atoms with Gasteiger partial charge in [0.25, 0.3) is 0 Å². The Morgan fingerprint density at radius 2 is 1.75 bits per heavy atom. The molecule has 5 heteroatoms. The summed E-state index contributed by atoms with van der Waals surface area (Å²) in [6.45, 7) is -4.25. The Balaban J connectivity index is 1.71. The van der Waals surface area contributed by atoms with Gasteiger partial charge in [-0.05, 0) is 18.4 Å². The Labute approximate surface area is 92.7 Å². The molecule has 1 saturated carbocycles. The summed E-state index contributed by atoms with van der Waals surface area (Å²) >= 11 is 0. The third-order valence-electron chi connectivity index (χ3n) is 2.99. The van der Waals surface area contributed by atoms with Gasteiger partial charge in [-0.2, -0.15) is 0 Å². The van der Waals surface area contributed by atoms with Crippen LogP contribution in [0.25, 0.3) is 0 Å². The lowest BCUT2D eigenvalue weighted by Crippen LogP contribution is -2.39. The topological polar surface area (TPSA) is 9.23 Å². The molecule has 1 aromatic rings. The van der Waals surface area contributed by atoms with Gasteiger partial charge >= 0.3 is 6.98 Å². The van der Waals surface area contributed by atoms with Crippen LogP contribution < -0.4 is 0 Å². The summed E-state index contributed by atoms with van der Waals surface area (Å²) in [7, 11) is 0. The van der Waals surface area contributed by atoms with E-state index in [1.54, 1.807) is 0 Å². The molecule has 2 rings (SSSR count). The van der Waals surface area contributed by atoms with Crippen molar-refractivity contribution < 1.29 is 17.7 Å². The standard InChI is InChI=1S/C11H13BF3O/c13-12(14,15)10-6-11(7-10)16-8-9-4-2-1-3-5-9/h1-5,10-11H,6-8H2/q-1. The number of ether oxygens (including phenoxy) is 1. The Kier molecular flexibility index (Phi) is 3.24. The van der Waals surface area contributed by atoms with E-state index in [2.05, 4.69) is 0 Å². The minimum atomic E-state index is -4.66. The molecule has 0 amide bonds. The molecule has 0 N–H and O–H groups in total. The fourth-order valence-corrected chi connectivity index (χ4v) is 1.84. The lowest BCUT2D eigenvalue weighted by Gasteiger charge is -2.41. The fourth-order valence-electron chi connectivity index (χ4n) is 1.84. The molecule has 0 aromatic heterocycles. The van der Waals surface area contributed by atoms with E-state index in [4.69, 9.17) is 4.74 Å². The summed E-state index contributed by atoms with van der Waals surface area (Å²) in [5.41, 5.74) is 1.00. The molecule has 0 saturated heterocycles. The van der Waals surface area contributed by atoms with Gasteiger partial charge < -0.3 is 17.7 Å². The predicted molar refractivity (Wildman–Crippen MR) is 57.1 cm³/mol. The van der Waals surface area contributed by atoms with E-state index in [1.165, 1.54) is 0 Å². The highest BCUT2D eigenvalue weighted by Gasteiger charge is 2.43.